The Morgan fingerprint density at radius 1 is 1.11 bits per heavy atom. The molecule has 1 atom stereocenters. The first-order chi connectivity index (χ1) is 13.3. The van der Waals surface area contributed by atoms with Crippen LogP contribution < -0.4 is 21.8 Å². The van der Waals surface area contributed by atoms with Crippen molar-refractivity contribution in [3.05, 3.63) is 64.7 Å². The maximum Gasteiger partial charge on any atom is 0.170 e. The predicted octanol–water partition coefficient (Wildman–Crippen LogP) is 3.39. The summed E-state index contributed by atoms with van der Waals surface area (Å²) in [6.45, 7) is 3.34. The molecule has 2 aromatic carbocycles. The number of hydrazone groups is 1. The van der Waals surface area contributed by atoms with E-state index in [1.54, 1.807) is 5.57 Å². The molecule has 3 aliphatic rings. The minimum Gasteiger partial charge on any atom is -0.313 e. The zero-order valence-corrected chi connectivity index (χ0v) is 16.1. The molecule has 0 amide bonds. The lowest BCUT2D eigenvalue weighted by Gasteiger charge is -2.31. The number of piperidine rings is 1. The number of hydrogen-bond donors (Lipinski definition) is 4. The zero-order chi connectivity index (χ0) is 18.2. The summed E-state index contributed by atoms with van der Waals surface area (Å²) >= 11 is 1.86. The molecule has 2 aromatic rings. The van der Waals surface area contributed by atoms with E-state index in [9.17, 15) is 0 Å². The Morgan fingerprint density at radius 3 is 2.85 bits per heavy atom. The van der Waals surface area contributed by atoms with Crippen molar-refractivity contribution in [1.82, 2.24) is 21.8 Å². The van der Waals surface area contributed by atoms with Gasteiger partial charge in [-0.2, -0.15) is 0 Å². The number of rotatable bonds is 2. The molecule has 0 aliphatic carbocycles. The van der Waals surface area contributed by atoms with E-state index in [0.717, 1.165) is 30.8 Å². The first-order valence-electron chi connectivity index (χ1n) is 9.54. The molecule has 0 saturated carbocycles. The second-order valence-corrected chi connectivity index (χ2v) is 8.21. The largest absolute Gasteiger partial charge is 0.313 e. The molecule has 6 heteroatoms. The third-order valence-corrected chi connectivity index (χ3v) is 6.64. The van der Waals surface area contributed by atoms with Crippen molar-refractivity contribution >= 4 is 23.2 Å². The van der Waals surface area contributed by atoms with Crippen molar-refractivity contribution in [2.45, 2.75) is 42.0 Å². The molecule has 4 N–H and O–H groups in total. The summed E-state index contributed by atoms with van der Waals surface area (Å²) in [5, 5.41) is 7.90. The van der Waals surface area contributed by atoms with E-state index in [4.69, 9.17) is 0 Å². The molecule has 5 nitrogen and oxygen atoms in total. The molecule has 3 aliphatic heterocycles. The first kappa shape index (κ1) is 16.9. The van der Waals surface area contributed by atoms with Crippen LogP contribution in [0.2, 0.25) is 0 Å². The fourth-order valence-electron chi connectivity index (χ4n) is 4.12. The van der Waals surface area contributed by atoms with Crippen LogP contribution in [-0.4, -0.2) is 18.4 Å². The van der Waals surface area contributed by atoms with Crippen LogP contribution in [0.3, 0.4) is 0 Å². The fourth-order valence-corrected chi connectivity index (χ4v) is 5.25. The number of amidine groups is 1. The van der Waals surface area contributed by atoms with Crippen LogP contribution >= 0.6 is 11.8 Å². The molecule has 0 radical (unpaired) electrons. The van der Waals surface area contributed by atoms with Crippen molar-refractivity contribution < 1.29 is 0 Å². The fraction of sp³-hybridized carbons (Fsp3) is 0.286. The van der Waals surface area contributed by atoms with Crippen molar-refractivity contribution in [3.8, 4) is 0 Å². The summed E-state index contributed by atoms with van der Waals surface area (Å²) in [5.74, 6) is 0.819. The highest BCUT2D eigenvalue weighted by molar-refractivity contribution is 7.99. The van der Waals surface area contributed by atoms with E-state index in [0.29, 0.717) is 6.04 Å². The van der Waals surface area contributed by atoms with Crippen molar-refractivity contribution in [2.24, 2.45) is 5.10 Å². The minimum atomic E-state index is 0.583. The molecule has 0 spiro atoms. The minimum absolute atomic E-state index is 0.583. The van der Waals surface area contributed by atoms with Crippen molar-refractivity contribution in [3.63, 3.8) is 0 Å². The highest BCUT2D eigenvalue weighted by atomic mass is 32.2. The van der Waals surface area contributed by atoms with Crippen LogP contribution in [0.15, 0.2) is 62.9 Å². The lowest BCUT2D eigenvalue weighted by Crippen LogP contribution is -2.35. The van der Waals surface area contributed by atoms with E-state index < -0.39 is 0 Å². The van der Waals surface area contributed by atoms with Crippen LogP contribution in [-0.2, 0) is 0 Å². The molecular weight excluding hydrogens is 354 g/mol. The average molecular weight is 378 g/mol. The van der Waals surface area contributed by atoms with Crippen LogP contribution in [0.1, 0.15) is 42.9 Å². The molecule has 1 fully saturated rings. The summed E-state index contributed by atoms with van der Waals surface area (Å²) in [6, 6.07) is 16.1. The van der Waals surface area contributed by atoms with Gasteiger partial charge in [0.1, 0.15) is 0 Å². The van der Waals surface area contributed by atoms with E-state index in [1.807, 2.05) is 11.8 Å². The Bertz CT molecular complexity index is 949. The quantitative estimate of drug-likeness (QED) is 0.552. The van der Waals surface area contributed by atoms with E-state index in [1.165, 1.54) is 32.9 Å². The molecule has 0 aromatic heterocycles. The van der Waals surface area contributed by atoms with Crippen LogP contribution in [0.25, 0.3) is 5.57 Å². The number of hydrogen-bond acceptors (Lipinski definition) is 6. The summed E-state index contributed by atoms with van der Waals surface area (Å²) in [6.07, 6.45) is 3.42. The average Bonchev–Trinajstić information content (AvgIpc) is 3.26. The van der Waals surface area contributed by atoms with E-state index >= 15 is 0 Å². The number of nitrogens with one attached hydrogen (secondary N) is 4. The van der Waals surface area contributed by atoms with Gasteiger partial charge in [-0.1, -0.05) is 54.6 Å². The van der Waals surface area contributed by atoms with Gasteiger partial charge < -0.3 is 5.32 Å². The van der Waals surface area contributed by atoms with Gasteiger partial charge in [0.2, 0.25) is 0 Å². The Kier molecular flexibility index (Phi) is 4.39. The van der Waals surface area contributed by atoms with Gasteiger partial charge in [0.05, 0.1) is 0 Å². The lowest BCUT2D eigenvalue weighted by molar-refractivity contribution is 0.453. The molecule has 138 valence electrons. The first-order valence-corrected chi connectivity index (χ1v) is 10.4. The third kappa shape index (κ3) is 3.04. The van der Waals surface area contributed by atoms with Gasteiger partial charge in [0.25, 0.3) is 0 Å². The van der Waals surface area contributed by atoms with Gasteiger partial charge in [-0.3, -0.25) is 5.43 Å². The Hall–Kier alpha value is -2.28. The highest BCUT2D eigenvalue weighted by Gasteiger charge is 2.27. The monoisotopic (exact) mass is 377 g/mol. The maximum absolute atomic E-state index is 4.24. The van der Waals surface area contributed by atoms with E-state index in [-0.39, 0.29) is 0 Å². The van der Waals surface area contributed by atoms with Crippen LogP contribution in [0, 0.1) is 0 Å². The topological polar surface area (TPSA) is 60.5 Å². The number of hydrazine groups is 2. The van der Waals surface area contributed by atoms with Crippen LogP contribution in [0.5, 0.6) is 0 Å². The number of fused-ring (bicyclic) bond motifs is 2. The Balaban J connectivity index is 1.65. The van der Waals surface area contributed by atoms with Gasteiger partial charge in [0.15, 0.2) is 5.84 Å². The predicted molar refractivity (Wildman–Crippen MR) is 110 cm³/mol. The SMILES string of the molecule is CC[C@H]1C/C(=C2/c3ccccc3Sc3cc(C4=NNNN4)ccc32)CCN1. The molecule has 1 saturated heterocycles. The van der Waals surface area contributed by atoms with Gasteiger partial charge in [-0.25, -0.2) is 5.53 Å². The third-order valence-electron chi connectivity index (χ3n) is 5.50. The summed E-state index contributed by atoms with van der Waals surface area (Å²) < 4.78 is 0. The zero-order valence-electron chi connectivity index (χ0n) is 15.3. The highest BCUT2D eigenvalue weighted by Crippen LogP contribution is 2.48. The molecule has 0 bridgehead atoms. The number of benzene rings is 2. The number of nitrogens with zero attached hydrogens (tertiary/aromatic N) is 1. The Morgan fingerprint density at radius 2 is 2.00 bits per heavy atom. The Labute approximate surface area is 163 Å². The summed E-state index contributed by atoms with van der Waals surface area (Å²) in [5.41, 5.74) is 15.5. The second-order valence-electron chi connectivity index (χ2n) is 7.12. The van der Waals surface area contributed by atoms with Crippen molar-refractivity contribution in [1.29, 1.82) is 0 Å². The standard InChI is InChI=1S/C21H23N5S/c1-2-15-11-13(9-10-22-15)20-16-5-3-4-6-18(16)27-19-12-14(7-8-17(19)20)21-23-25-26-24-21/h3-8,12,15,22,25-26H,2,9-11H2,1H3,(H,23,24)/b20-13-/t15-/m0/s1. The smallest absolute Gasteiger partial charge is 0.170 e. The van der Waals surface area contributed by atoms with Crippen LogP contribution in [0.4, 0.5) is 0 Å². The molecular formula is C21H23N5S. The van der Waals surface area contributed by atoms with Crippen molar-refractivity contribution in [2.75, 3.05) is 6.54 Å². The van der Waals surface area contributed by atoms with Gasteiger partial charge in [-0.05, 0) is 54.6 Å². The van der Waals surface area contributed by atoms with Gasteiger partial charge in [-0.15, -0.1) is 10.6 Å². The van der Waals surface area contributed by atoms with Gasteiger partial charge in [0, 0.05) is 21.4 Å². The normalized spacial score (nSPS) is 23.7. The molecule has 5 rings (SSSR count). The maximum atomic E-state index is 4.24. The molecule has 3 heterocycles. The second kappa shape index (κ2) is 7.03. The van der Waals surface area contributed by atoms with E-state index in [2.05, 4.69) is 76.3 Å². The molecule has 27 heavy (non-hydrogen) atoms. The lowest BCUT2D eigenvalue weighted by atomic mass is 9.85. The summed E-state index contributed by atoms with van der Waals surface area (Å²) in [4.78, 5) is 2.64. The van der Waals surface area contributed by atoms with Gasteiger partial charge >= 0.3 is 0 Å². The summed E-state index contributed by atoms with van der Waals surface area (Å²) in [7, 11) is 0. The molecule has 0 unspecified atom stereocenters.